The van der Waals surface area contributed by atoms with Gasteiger partial charge in [0, 0.05) is 16.5 Å². The molecule has 2 aliphatic rings. The summed E-state index contributed by atoms with van der Waals surface area (Å²) < 4.78 is 1.90. The van der Waals surface area contributed by atoms with Crippen molar-refractivity contribution >= 4 is 23.4 Å². The van der Waals surface area contributed by atoms with Crippen molar-refractivity contribution in [3.05, 3.63) is 81.1 Å². The van der Waals surface area contributed by atoms with Crippen LogP contribution in [0.25, 0.3) is 5.69 Å². The Bertz CT molecular complexity index is 1200. The van der Waals surface area contributed by atoms with Crippen LogP contribution in [-0.2, 0) is 11.8 Å². The lowest BCUT2D eigenvalue weighted by Crippen LogP contribution is -2.17. The summed E-state index contributed by atoms with van der Waals surface area (Å²) in [6, 6.07) is 12.2. The lowest BCUT2D eigenvalue weighted by Gasteiger charge is -2.22. The van der Waals surface area contributed by atoms with Crippen molar-refractivity contribution in [1.82, 2.24) is 9.78 Å². The number of rotatable bonds is 4. The summed E-state index contributed by atoms with van der Waals surface area (Å²) in [5, 5.41) is 14.6. The highest BCUT2D eigenvalue weighted by Gasteiger charge is 2.49. The molecule has 0 bridgehead atoms. The maximum Gasteiger partial charge on any atom is 0.335 e. The molecule has 5 nitrogen and oxygen atoms in total. The van der Waals surface area contributed by atoms with Crippen LogP contribution in [-0.4, -0.2) is 26.6 Å². The number of carbonyl (C=O) groups is 2. The molecule has 0 radical (unpaired) electrons. The molecule has 6 heteroatoms. The Morgan fingerprint density at radius 2 is 1.78 bits per heavy atom. The monoisotopic (exact) mass is 448 g/mol. The van der Waals surface area contributed by atoms with Crippen molar-refractivity contribution in [2.75, 3.05) is 0 Å². The number of hydrogen-bond acceptors (Lipinski definition) is 3. The first-order valence-electron chi connectivity index (χ1n) is 11.2. The number of nitrogens with zero attached hydrogens (tertiary/aromatic N) is 2. The second-order valence-electron chi connectivity index (χ2n) is 9.04. The molecule has 1 heterocycles. The average Bonchev–Trinajstić information content (AvgIpc) is 3.45. The van der Waals surface area contributed by atoms with Gasteiger partial charge in [0.1, 0.15) is 5.69 Å². The van der Waals surface area contributed by atoms with Gasteiger partial charge in [-0.25, -0.2) is 9.48 Å². The number of carboxylic acid groups (broad SMARTS) is 1. The van der Waals surface area contributed by atoms with Crippen LogP contribution in [0.1, 0.15) is 81.8 Å². The second-order valence-corrected chi connectivity index (χ2v) is 9.45. The van der Waals surface area contributed by atoms with Crippen molar-refractivity contribution in [1.29, 1.82) is 0 Å². The third-order valence-electron chi connectivity index (χ3n) is 6.94. The van der Waals surface area contributed by atoms with E-state index in [2.05, 4.69) is 0 Å². The van der Waals surface area contributed by atoms with E-state index in [1.54, 1.807) is 30.3 Å². The van der Waals surface area contributed by atoms with Gasteiger partial charge in [-0.05, 0) is 74.9 Å². The first kappa shape index (κ1) is 21.0. The van der Waals surface area contributed by atoms with Crippen LogP contribution in [0.5, 0.6) is 0 Å². The van der Waals surface area contributed by atoms with Gasteiger partial charge in [0.15, 0.2) is 0 Å². The van der Waals surface area contributed by atoms with Gasteiger partial charge >= 0.3 is 5.97 Å². The van der Waals surface area contributed by atoms with E-state index in [0.29, 0.717) is 16.3 Å². The number of hydrogen-bond donors (Lipinski definition) is 1. The van der Waals surface area contributed by atoms with Gasteiger partial charge in [-0.1, -0.05) is 36.6 Å². The summed E-state index contributed by atoms with van der Waals surface area (Å²) >= 11 is 6.44. The molecular weight excluding hydrogens is 424 g/mol. The van der Waals surface area contributed by atoms with Crippen molar-refractivity contribution in [3.63, 3.8) is 0 Å². The maximum absolute atomic E-state index is 13.7. The molecule has 1 aromatic heterocycles. The molecule has 3 aromatic rings. The number of benzene rings is 2. The van der Waals surface area contributed by atoms with E-state index in [1.165, 1.54) is 6.42 Å². The maximum atomic E-state index is 13.7. The molecule has 1 N–H and O–H groups in total. The molecule has 0 atom stereocenters. The Hall–Kier alpha value is -2.92. The standard InChI is InChI=1S/C26H25ClN2O3/c1-16-6-5-8-20(27)21(16)23(30)22-19-7-3-2-4-13-26(14-15-26)24(19)29(28-22)18-11-9-17(10-12-18)25(31)32/h5-6,8-12H,2-4,7,13-15H2,1H3,(H,31,32). The second kappa shape index (κ2) is 7.89. The normalized spacial score (nSPS) is 16.8. The lowest BCUT2D eigenvalue weighted by molar-refractivity contribution is 0.0696. The summed E-state index contributed by atoms with van der Waals surface area (Å²) in [5.41, 5.74) is 5.07. The van der Waals surface area contributed by atoms with Crippen LogP contribution in [0.15, 0.2) is 42.5 Å². The van der Waals surface area contributed by atoms with Gasteiger partial charge in [-0.3, -0.25) is 4.79 Å². The first-order chi connectivity index (χ1) is 15.4. The van der Waals surface area contributed by atoms with Crippen LogP contribution < -0.4 is 0 Å². The smallest absolute Gasteiger partial charge is 0.335 e. The highest BCUT2D eigenvalue weighted by molar-refractivity contribution is 6.35. The van der Waals surface area contributed by atoms with Crippen LogP contribution in [0.2, 0.25) is 5.02 Å². The van der Waals surface area contributed by atoms with E-state index in [9.17, 15) is 14.7 Å². The number of halogens is 1. The molecule has 2 aromatic carbocycles. The Morgan fingerprint density at radius 3 is 2.44 bits per heavy atom. The summed E-state index contributed by atoms with van der Waals surface area (Å²) in [5.74, 6) is -1.10. The Morgan fingerprint density at radius 1 is 1.03 bits per heavy atom. The van der Waals surface area contributed by atoms with E-state index in [-0.39, 0.29) is 16.8 Å². The minimum absolute atomic E-state index is 0.0578. The van der Waals surface area contributed by atoms with Gasteiger partial charge in [-0.2, -0.15) is 5.10 Å². The highest BCUT2D eigenvalue weighted by Crippen LogP contribution is 2.55. The van der Waals surface area contributed by atoms with Crippen molar-refractivity contribution in [2.45, 2.75) is 57.3 Å². The fourth-order valence-corrected chi connectivity index (χ4v) is 5.39. The zero-order valence-electron chi connectivity index (χ0n) is 18.0. The molecule has 2 aliphatic carbocycles. The molecule has 0 saturated heterocycles. The number of aromatic nitrogens is 2. The molecule has 5 rings (SSSR count). The van der Waals surface area contributed by atoms with Crippen LogP contribution >= 0.6 is 11.6 Å². The van der Waals surface area contributed by atoms with Gasteiger partial charge in [0.2, 0.25) is 5.78 Å². The number of ketones is 1. The molecule has 164 valence electrons. The van der Waals surface area contributed by atoms with E-state index >= 15 is 0 Å². The highest BCUT2D eigenvalue weighted by atomic mass is 35.5. The SMILES string of the molecule is Cc1cccc(Cl)c1C(=O)c1nn(-c2ccc(C(=O)O)cc2)c2c1CCCCCC21CC1. The number of carboxylic acids is 1. The third-order valence-corrected chi connectivity index (χ3v) is 7.26. The third kappa shape index (κ3) is 3.45. The minimum atomic E-state index is -0.962. The largest absolute Gasteiger partial charge is 0.478 e. The number of fused-ring (bicyclic) bond motifs is 2. The van der Waals surface area contributed by atoms with E-state index in [0.717, 1.165) is 61.0 Å². The lowest BCUT2D eigenvalue weighted by atomic mass is 9.85. The molecule has 0 amide bonds. The summed E-state index contributed by atoms with van der Waals surface area (Å²) in [7, 11) is 0. The zero-order chi connectivity index (χ0) is 22.5. The van der Waals surface area contributed by atoms with E-state index < -0.39 is 5.97 Å². The molecular formula is C26H25ClN2O3. The molecule has 1 fully saturated rings. The summed E-state index contributed by atoms with van der Waals surface area (Å²) in [6.07, 6.45) is 7.45. The van der Waals surface area contributed by atoms with Crippen LogP contribution in [0.3, 0.4) is 0 Å². The summed E-state index contributed by atoms with van der Waals surface area (Å²) in [6.45, 7) is 1.90. The van der Waals surface area contributed by atoms with Crippen LogP contribution in [0, 0.1) is 6.92 Å². The zero-order valence-corrected chi connectivity index (χ0v) is 18.8. The summed E-state index contributed by atoms with van der Waals surface area (Å²) in [4.78, 5) is 25.1. The van der Waals surface area contributed by atoms with Crippen molar-refractivity contribution < 1.29 is 14.7 Å². The molecule has 32 heavy (non-hydrogen) atoms. The number of carbonyl (C=O) groups excluding carboxylic acids is 1. The van der Waals surface area contributed by atoms with Gasteiger partial charge in [-0.15, -0.1) is 0 Å². The van der Waals surface area contributed by atoms with E-state index in [4.69, 9.17) is 16.7 Å². The topological polar surface area (TPSA) is 72.2 Å². The number of aromatic carboxylic acids is 1. The van der Waals surface area contributed by atoms with Gasteiger partial charge < -0.3 is 5.11 Å². The Labute approximate surface area is 192 Å². The van der Waals surface area contributed by atoms with Crippen LogP contribution in [0.4, 0.5) is 0 Å². The predicted octanol–water partition coefficient (Wildman–Crippen LogP) is 5.91. The van der Waals surface area contributed by atoms with Gasteiger partial charge in [0.05, 0.1) is 22.0 Å². The number of aryl methyl sites for hydroxylation is 1. The van der Waals surface area contributed by atoms with Crippen molar-refractivity contribution in [3.8, 4) is 5.69 Å². The molecule has 1 saturated carbocycles. The van der Waals surface area contributed by atoms with Crippen molar-refractivity contribution in [2.24, 2.45) is 0 Å². The first-order valence-corrected chi connectivity index (χ1v) is 11.5. The predicted molar refractivity (Wildman–Crippen MR) is 123 cm³/mol. The Kier molecular flexibility index (Phi) is 5.17. The quantitative estimate of drug-likeness (QED) is 0.503. The molecule has 0 aliphatic heterocycles. The fourth-order valence-electron chi connectivity index (χ4n) is 5.08. The Balaban J connectivity index is 1.71. The molecule has 1 spiro atoms. The fraction of sp³-hybridized carbons (Fsp3) is 0.346. The molecule has 0 unspecified atom stereocenters. The minimum Gasteiger partial charge on any atom is -0.478 e. The van der Waals surface area contributed by atoms with Gasteiger partial charge in [0.25, 0.3) is 0 Å². The average molecular weight is 449 g/mol. The van der Waals surface area contributed by atoms with E-state index in [1.807, 2.05) is 23.7 Å².